The molecule has 1 unspecified atom stereocenters. The number of carbonyl (C=O) groups is 1. The summed E-state index contributed by atoms with van der Waals surface area (Å²) in [6.07, 6.45) is 11.8. The van der Waals surface area contributed by atoms with Gasteiger partial charge in [-0.15, -0.1) is 0 Å². The molecule has 4 nitrogen and oxygen atoms in total. The fraction of sp³-hybridized carbons (Fsp3) is 0.516. The molecule has 2 rings (SSSR count). The number of hydrogen-bond donors (Lipinski definition) is 1. The van der Waals surface area contributed by atoms with Crippen LogP contribution in [0.4, 0.5) is 0 Å². The second-order valence-electron chi connectivity index (χ2n) is 8.77. The molecule has 1 heterocycles. The zero-order valence-corrected chi connectivity index (χ0v) is 23.3. The lowest BCUT2D eigenvalue weighted by Crippen LogP contribution is -2.35. The number of nitrogens with zero attached hydrogens (tertiary/aromatic N) is 2. The topological polar surface area (TPSA) is 54.4 Å². The number of pyridine rings is 1. The second kappa shape index (κ2) is 16.8. The molecule has 35 heavy (non-hydrogen) atoms. The molecule has 0 aliphatic carbocycles. The molecule has 0 spiro atoms. The predicted molar refractivity (Wildman–Crippen MR) is 152 cm³/mol. The zero-order valence-electron chi connectivity index (χ0n) is 23.3. The quantitative estimate of drug-likeness (QED) is 0.314. The molecule has 0 aliphatic heterocycles. The second-order valence-corrected chi connectivity index (χ2v) is 8.77. The van der Waals surface area contributed by atoms with Gasteiger partial charge in [-0.3, -0.25) is 14.8 Å². The van der Waals surface area contributed by atoms with Gasteiger partial charge in [0.1, 0.15) is 5.69 Å². The van der Waals surface area contributed by atoms with Gasteiger partial charge in [0, 0.05) is 30.1 Å². The lowest BCUT2D eigenvalue weighted by Gasteiger charge is -2.22. The van der Waals surface area contributed by atoms with Crippen molar-refractivity contribution in [3.63, 3.8) is 0 Å². The lowest BCUT2D eigenvalue weighted by molar-refractivity contribution is 0.0927. The van der Waals surface area contributed by atoms with E-state index >= 15 is 0 Å². The Bertz CT molecular complexity index is 938. The number of benzene rings is 1. The van der Waals surface area contributed by atoms with Crippen LogP contribution in [-0.2, 0) is 6.42 Å². The summed E-state index contributed by atoms with van der Waals surface area (Å²) in [5.74, 6) is 0.0581. The van der Waals surface area contributed by atoms with Crippen molar-refractivity contribution in [2.45, 2.75) is 106 Å². The molecule has 0 bridgehead atoms. The molecule has 2 aromatic rings. The molecule has 4 heteroatoms. The van der Waals surface area contributed by atoms with Crippen molar-refractivity contribution in [1.82, 2.24) is 10.3 Å². The third-order valence-electron chi connectivity index (χ3n) is 6.18. The van der Waals surface area contributed by atoms with E-state index < -0.39 is 0 Å². The lowest BCUT2D eigenvalue weighted by atomic mass is 9.85. The van der Waals surface area contributed by atoms with Gasteiger partial charge in [-0.25, -0.2) is 0 Å². The predicted octanol–water partition coefficient (Wildman–Crippen LogP) is 8.13. The highest BCUT2D eigenvalue weighted by Crippen LogP contribution is 2.33. The molecule has 1 aromatic heterocycles. The Balaban J connectivity index is 0.00000298. The summed E-state index contributed by atoms with van der Waals surface area (Å²) >= 11 is 0. The molecule has 0 aliphatic rings. The van der Waals surface area contributed by atoms with Crippen LogP contribution in [0.3, 0.4) is 0 Å². The highest BCUT2D eigenvalue weighted by Gasteiger charge is 2.20. The summed E-state index contributed by atoms with van der Waals surface area (Å²) in [7, 11) is 0. The molecule has 0 saturated carbocycles. The molecule has 1 aromatic carbocycles. The van der Waals surface area contributed by atoms with Crippen molar-refractivity contribution in [1.29, 1.82) is 0 Å². The summed E-state index contributed by atoms with van der Waals surface area (Å²) in [4.78, 5) is 22.0. The largest absolute Gasteiger partial charge is 0.348 e. The minimum atomic E-state index is -0.0818. The Hall–Kier alpha value is -2.75. The Kier molecular flexibility index (Phi) is 14.5. The average molecular weight is 478 g/mol. The first-order chi connectivity index (χ1) is 16.9. The van der Waals surface area contributed by atoms with E-state index in [-0.39, 0.29) is 17.9 Å². The Morgan fingerprint density at radius 2 is 1.74 bits per heavy atom. The van der Waals surface area contributed by atoms with Crippen molar-refractivity contribution in [3.8, 4) is 0 Å². The molecule has 192 valence electrons. The molecule has 1 atom stereocenters. The molecular weight excluding hydrogens is 430 g/mol. The van der Waals surface area contributed by atoms with Crippen molar-refractivity contribution < 1.29 is 4.79 Å². The highest BCUT2D eigenvalue weighted by molar-refractivity contribution is 5.92. The van der Waals surface area contributed by atoms with E-state index in [4.69, 9.17) is 4.99 Å². The summed E-state index contributed by atoms with van der Waals surface area (Å²) in [5.41, 5.74) is 6.55. The third kappa shape index (κ3) is 9.43. The summed E-state index contributed by atoms with van der Waals surface area (Å²) in [5, 5.41) is 3.16. The number of aliphatic imine (C=N–C) groups is 1. The van der Waals surface area contributed by atoms with E-state index in [9.17, 15) is 4.79 Å². The van der Waals surface area contributed by atoms with Gasteiger partial charge >= 0.3 is 0 Å². The SMILES string of the molecule is CC.CC=N/C(=C\CC)C(Cc1ccc(C(=O)NC(CCC)CCC)nc1)c1cccc(C)c1C. The molecule has 1 amide bonds. The monoisotopic (exact) mass is 477 g/mol. The van der Waals surface area contributed by atoms with Gasteiger partial charge in [-0.1, -0.05) is 77.8 Å². The van der Waals surface area contributed by atoms with E-state index in [2.05, 4.69) is 69.2 Å². The summed E-state index contributed by atoms with van der Waals surface area (Å²) in [6.45, 7) is 16.7. The number of amides is 1. The fourth-order valence-corrected chi connectivity index (χ4v) is 4.33. The Labute approximate surface area is 214 Å². The van der Waals surface area contributed by atoms with Crippen LogP contribution in [0.1, 0.15) is 112 Å². The van der Waals surface area contributed by atoms with Crippen LogP contribution in [-0.4, -0.2) is 23.1 Å². The number of aryl methyl sites for hydroxylation is 1. The van der Waals surface area contributed by atoms with E-state index in [1.807, 2.05) is 45.3 Å². The number of allylic oxidation sites excluding steroid dienone is 2. The summed E-state index contributed by atoms with van der Waals surface area (Å²) in [6, 6.07) is 10.6. The van der Waals surface area contributed by atoms with Crippen LogP contribution in [0.25, 0.3) is 0 Å². The number of carbonyl (C=O) groups excluding carboxylic acids is 1. The first kappa shape index (κ1) is 30.3. The average Bonchev–Trinajstić information content (AvgIpc) is 2.86. The van der Waals surface area contributed by atoms with E-state index in [1.54, 1.807) is 0 Å². The van der Waals surface area contributed by atoms with E-state index in [0.717, 1.165) is 49.8 Å². The maximum absolute atomic E-state index is 12.7. The van der Waals surface area contributed by atoms with Crippen molar-refractivity contribution in [3.05, 3.63) is 76.2 Å². The van der Waals surface area contributed by atoms with Gasteiger partial charge in [-0.05, 0) is 74.8 Å². The van der Waals surface area contributed by atoms with Crippen LogP contribution < -0.4 is 5.32 Å². The minimum absolute atomic E-state index is 0.0818. The highest BCUT2D eigenvalue weighted by atomic mass is 16.1. The molecule has 0 saturated heterocycles. The summed E-state index contributed by atoms with van der Waals surface area (Å²) < 4.78 is 0. The maximum atomic E-state index is 12.7. The first-order valence-corrected chi connectivity index (χ1v) is 13.5. The minimum Gasteiger partial charge on any atom is -0.348 e. The van der Waals surface area contributed by atoms with Crippen molar-refractivity contribution in [2.75, 3.05) is 0 Å². The van der Waals surface area contributed by atoms with Gasteiger partial charge < -0.3 is 5.32 Å². The van der Waals surface area contributed by atoms with Crippen LogP contribution in [0.2, 0.25) is 0 Å². The van der Waals surface area contributed by atoms with Crippen LogP contribution >= 0.6 is 0 Å². The van der Waals surface area contributed by atoms with Crippen LogP contribution in [0.15, 0.2) is 53.3 Å². The standard InChI is InChI=1S/C29H41N3O.C2H6/c1-7-12-24(13-8-2)32-29(33)28-18-17-23(20-31-28)19-26(27(14-9-3)30-10-4)25-16-11-15-21(5)22(25)6;1-2/h10-11,14-18,20,24,26H,7-9,12-13,19H2,1-6H3,(H,32,33);1-2H3/b27-14-,30-10?;. The van der Waals surface area contributed by atoms with Gasteiger partial charge in [-0.2, -0.15) is 0 Å². The number of rotatable bonds is 12. The first-order valence-electron chi connectivity index (χ1n) is 13.5. The van der Waals surface area contributed by atoms with Gasteiger partial charge in [0.05, 0.1) is 0 Å². The molecule has 1 N–H and O–H groups in total. The zero-order chi connectivity index (χ0) is 26.2. The third-order valence-corrected chi connectivity index (χ3v) is 6.18. The molecule has 0 fully saturated rings. The number of nitrogens with one attached hydrogen (secondary N) is 1. The normalized spacial score (nSPS) is 12.4. The number of hydrogen-bond acceptors (Lipinski definition) is 3. The molecular formula is C31H47N3O. The Morgan fingerprint density at radius 3 is 2.29 bits per heavy atom. The van der Waals surface area contributed by atoms with Gasteiger partial charge in [0.2, 0.25) is 0 Å². The van der Waals surface area contributed by atoms with E-state index in [0.29, 0.717) is 5.69 Å². The van der Waals surface area contributed by atoms with E-state index in [1.165, 1.54) is 16.7 Å². The molecule has 0 radical (unpaired) electrons. The smallest absolute Gasteiger partial charge is 0.270 e. The van der Waals surface area contributed by atoms with Gasteiger partial charge in [0.25, 0.3) is 5.91 Å². The Morgan fingerprint density at radius 1 is 1.06 bits per heavy atom. The van der Waals surface area contributed by atoms with Crippen LogP contribution in [0, 0.1) is 13.8 Å². The van der Waals surface area contributed by atoms with Gasteiger partial charge in [0.15, 0.2) is 0 Å². The number of aromatic nitrogens is 1. The van der Waals surface area contributed by atoms with Crippen molar-refractivity contribution in [2.24, 2.45) is 4.99 Å². The van der Waals surface area contributed by atoms with Crippen LogP contribution in [0.5, 0.6) is 0 Å². The fourth-order valence-electron chi connectivity index (χ4n) is 4.33. The maximum Gasteiger partial charge on any atom is 0.270 e. The van der Waals surface area contributed by atoms with Crippen molar-refractivity contribution >= 4 is 12.1 Å².